The highest BCUT2D eigenvalue weighted by atomic mass is 79.9. The van der Waals surface area contributed by atoms with Gasteiger partial charge in [-0.05, 0) is 13.0 Å². The van der Waals surface area contributed by atoms with Crippen LogP contribution in [0.15, 0.2) is 16.6 Å². The molecule has 0 aliphatic heterocycles. The normalized spacial score (nSPS) is 12.2. The maximum Gasteiger partial charge on any atom is 0.275 e. The van der Waals surface area contributed by atoms with Gasteiger partial charge in [0.05, 0.1) is 16.9 Å². The van der Waals surface area contributed by atoms with Crippen molar-refractivity contribution in [2.24, 2.45) is 0 Å². The number of alkyl halides is 1. The van der Waals surface area contributed by atoms with Gasteiger partial charge in [0.25, 0.3) is 5.69 Å². The summed E-state index contributed by atoms with van der Waals surface area (Å²) in [6, 6.07) is 3.16. The summed E-state index contributed by atoms with van der Waals surface area (Å²) < 4.78 is 0.648. The highest BCUT2D eigenvalue weighted by Crippen LogP contribution is 2.30. The second-order valence-corrected chi connectivity index (χ2v) is 4.71. The summed E-state index contributed by atoms with van der Waals surface area (Å²) >= 11 is 8.71. The first kappa shape index (κ1) is 14.2. The minimum Gasteiger partial charge on any atom is -0.390 e. The molecule has 1 aromatic carbocycles. The van der Waals surface area contributed by atoms with Gasteiger partial charge >= 0.3 is 0 Å². The zero-order chi connectivity index (χ0) is 13.0. The molecular weight excluding hydrogens is 311 g/mol. The highest BCUT2D eigenvalue weighted by Gasteiger charge is 2.15. The van der Waals surface area contributed by atoms with Crippen molar-refractivity contribution in [3.05, 3.63) is 32.3 Å². The van der Waals surface area contributed by atoms with Gasteiger partial charge < -0.3 is 10.4 Å². The van der Waals surface area contributed by atoms with Crippen molar-refractivity contribution in [2.75, 3.05) is 17.7 Å². The topological polar surface area (TPSA) is 75.4 Å². The molecule has 0 amide bonds. The number of benzene rings is 1. The maximum absolute atomic E-state index is 10.8. The van der Waals surface area contributed by atoms with Crippen molar-refractivity contribution in [3.8, 4) is 0 Å². The Morgan fingerprint density at radius 1 is 1.65 bits per heavy atom. The predicted octanol–water partition coefficient (Wildman–Crippen LogP) is 2.68. The van der Waals surface area contributed by atoms with Gasteiger partial charge in [-0.3, -0.25) is 10.1 Å². The van der Waals surface area contributed by atoms with Crippen molar-refractivity contribution in [1.82, 2.24) is 0 Å². The Bertz CT molecular complexity index is 428. The Labute approximate surface area is 112 Å². The minimum atomic E-state index is -0.684. The zero-order valence-electron chi connectivity index (χ0n) is 9.11. The number of hydrogen-bond donors (Lipinski definition) is 2. The molecule has 0 fully saturated rings. The van der Waals surface area contributed by atoms with E-state index in [1.54, 1.807) is 13.0 Å². The van der Waals surface area contributed by atoms with Gasteiger partial charge in [0.2, 0.25) is 0 Å². The number of aliphatic hydroxyl groups excluding tert-OH is 1. The molecule has 0 aromatic heterocycles. The molecule has 0 saturated heterocycles. The Kier molecular flexibility index (Phi) is 5.17. The van der Waals surface area contributed by atoms with E-state index in [-0.39, 0.29) is 18.1 Å². The van der Waals surface area contributed by atoms with Gasteiger partial charge in [-0.25, -0.2) is 0 Å². The lowest BCUT2D eigenvalue weighted by molar-refractivity contribution is -0.385. The van der Waals surface area contributed by atoms with Crippen molar-refractivity contribution in [2.45, 2.75) is 13.0 Å². The lowest BCUT2D eigenvalue weighted by Crippen LogP contribution is -2.20. The van der Waals surface area contributed by atoms with E-state index < -0.39 is 11.0 Å². The Morgan fingerprint density at radius 3 is 2.82 bits per heavy atom. The molecule has 0 heterocycles. The third-order valence-corrected chi connectivity index (χ3v) is 3.41. The second-order valence-electron chi connectivity index (χ2n) is 3.55. The van der Waals surface area contributed by atoms with Crippen LogP contribution in [0.2, 0.25) is 0 Å². The summed E-state index contributed by atoms with van der Waals surface area (Å²) in [7, 11) is 0. The van der Waals surface area contributed by atoms with Crippen LogP contribution in [0.5, 0.6) is 0 Å². The number of hydrogen-bond acceptors (Lipinski definition) is 4. The van der Waals surface area contributed by atoms with E-state index in [0.717, 1.165) is 0 Å². The Hall–Kier alpha value is -0.850. The van der Waals surface area contributed by atoms with Crippen LogP contribution in [0.3, 0.4) is 0 Å². The lowest BCUT2D eigenvalue weighted by Gasteiger charge is -2.11. The summed E-state index contributed by atoms with van der Waals surface area (Å²) in [6.07, 6.45) is -0.684. The van der Waals surface area contributed by atoms with Crippen LogP contribution < -0.4 is 5.32 Å². The lowest BCUT2D eigenvalue weighted by atomic mass is 10.2. The summed E-state index contributed by atoms with van der Waals surface area (Å²) in [5.74, 6) is 0.113. The highest BCUT2D eigenvalue weighted by molar-refractivity contribution is 9.10. The molecule has 2 N–H and O–H groups in total. The molecule has 17 heavy (non-hydrogen) atoms. The molecule has 94 valence electrons. The molecule has 0 spiro atoms. The van der Waals surface area contributed by atoms with E-state index in [4.69, 9.17) is 11.6 Å². The fraction of sp³-hybridized carbons (Fsp3) is 0.400. The maximum atomic E-state index is 10.8. The van der Waals surface area contributed by atoms with E-state index in [0.29, 0.717) is 15.7 Å². The van der Waals surface area contributed by atoms with Crippen molar-refractivity contribution in [1.29, 1.82) is 0 Å². The number of nitro groups is 1. The fourth-order valence-electron chi connectivity index (χ4n) is 1.25. The van der Waals surface area contributed by atoms with Crippen molar-refractivity contribution < 1.29 is 10.0 Å². The standard InChI is InChI=1S/C10H12BrClN2O3/c1-6-9(11)2-7(3-10(6)14(16)17)13-5-8(15)4-12/h2-3,8,13,15H,4-5H2,1H3. The Morgan fingerprint density at radius 2 is 2.29 bits per heavy atom. The quantitative estimate of drug-likeness (QED) is 0.496. The van der Waals surface area contributed by atoms with Gasteiger partial charge in [-0.1, -0.05) is 15.9 Å². The molecule has 0 aliphatic rings. The number of rotatable bonds is 5. The number of nitrogens with one attached hydrogen (secondary N) is 1. The first-order valence-corrected chi connectivity index (χ1v) is 6.21. The molecule has 0 bridgehead atoms. The van der Waals surface area contributed by atoms with Gasteiger partial charge in [-0.15, -0.1) is 11.6 Å². The fourth-order valence-corrected chi connectivity index (χ4v) is 1.81. The number of aliphatic hydroxyl groups is 1. The third-order valence-electron chi connectivity index (χ3n) is 2.23. The minimum absolute atomic E-state index is 0.0299. The number of nitrogens with zero attached hydrogens (tertiary/aromatic N) is 1. The summed E-state index contributed by atoms with van der Waals surface area (Å²) in [5.41, 5.74) is 1.17. The van der Waals surface area contributed by atoms with Gasteiger partial charge in [0.1, 0.15) is 0 Å². The van der Waals surface area contributed by atoms with Crippen LogP contribution in [0, 0.1) is 17.0 Å². The molecule has 1 aromatic rings. The van der Waals surface area contributed by atoms with Gasteiger partial charge in [-0.2, -0.15) is 0 Å². The van der Waals surface area contributed by atoms with Crippen LogP contribution in [-0.2, 0) is 0 Å². The third kappa shape index (κ3) is 3.83. The van der Waals surface area contributed by atoms with Crippen LogP contribution in [0.4, 0.5) is 11.4 Å². The van der Waals surface area contributed by atoms with E-state index in [2.05, 4.69) is 21.2 Å². The van der Waals surface area contributed by atoms with E-state index in [9.17, 15) is 15.2 Å². The smallest absolute Gasteiger partial charge is 0.275 e. The van der Waals surface area contributed by atoms with E-state index in [1.807, 2.05) is 0 Å². The van der Waals surface area contributed by atoms with Crippen LogP contribution in [0.25, 0.3) is 0 Å². The molecule has 1 atom stereocenters. The number of halogens is 2. The molecular formula is C10H12BrClN2O3. The average molecular weight is 324 g/mol. The van der Waals surface area contributed by atoms with E-state index >= 15 is 0 Å². The molecule has 7 heteroatoms. The first-order valence-electron chi connectivity index (χ1n) is 4.88. The summed E-state index contributed by atoms with van der Waals surface area (Å²) in [4.78, 5) is 10.4. The molecule has 1 unspecified atom stereocenters. The molecule has 0 saturated carbocycles. The van der Waals surface area contributed by atoms with Crippen LogP contribution in [0.1, 0.15) is 5.56 Å². The Balaban J connectivity index is 2.91. The largest absolute Gasteiger partial charge is 0.390 e. The van der Waals surface area contributed by atoms with Crippen molar-refractivity contribution in [3.63, 3.8) is 0 Å². The number of nitro benzene ring substituents is 1. The number of anilines is 1. The van der Waals surface area contributed by atoms with Gasteiger partial charge in [0, 0.05) is 28.3 Å². The molecule has 5 nitrogen and oxygen atoms in total. The second kappa shape index (κ2) is 6.18. The van der Waals surface area contributed by atoms with E-state index in [1.165, 1.54) is 6.07 Å². The van der Waals surface area contributed by atoms with Crippen LogP contribution in [-0.4, -0.2) is 28.6 Å². The molecule has 0 radical (unpaired) electrons. The zero-order valence-corrected chi connectivity index (χ0v) is 11.5. The van der Waals surface area contributed by atoms with Crippen molar-refractivity contribution >= 4 is 38.9 Å². The summed E-state index contributed by atoms with van der Waals surface area (Å²) in [6.45, 7) is 1.91. The SMILES string of the molecule is Cc1c(Br)cc(NCC(O)CCl)cc1[N+](=O)[O-]. The molecule has 0 aliphatic carbocycles. The average Bonchev–Trinajstić information content (AvgIpc) is 2.29. The monoisotopic (exact) mass is 322 g/mol. The first-order chi connectivity index (χ1) is 7.95. The molecule has 1 rings (SSSR count). The van der Waals surface area contributed by atoms with Gasteiger partial charge in [0.15, 0.2) is 0 Å². The predicted molar refractivity (Wildman–Crippen MR) is 70.7 cm³/mol. The van der Waals surface area contributed by atoms with Crippen LogP contribution >= 0.6 is 27.5 Å². The summed E-state index contributed by atoms with van der Waals surface area (Å²) in [5, 5.41) is 23.0.